The normalized spacial score (nSPS) is 11.6. The maximum atomic E-state index is 12.7. The SMILES string of the molecule is CCCN(CC(F)(F)F)C(=O)c1sc(-c2cccc(Cl)c2)nc1C. The third kappa shape index (κ3) is 4.70. The fourth-order valence-corrected chi connectivity index (χ4v) is 3.44. The number of carbonyl (C=O) groups excluding carboxylic acids is 1. The molecule has 0 spiro atoms. The lowest BCUT2D eigenvalue weighted by atomic mass is 10.2. The van der Waals surface area contributed by atoms with Crippen molar-refractivity contribution in [1.82, 2.24) is 9.88 Å². The number of halogens is 4. The Morgan fingerprint density at radius 1 is 1.38 bits per heavy atom. The van der Waals surface area contributed by atoms with E-state index in [1.165, 1.54) is 0 Å². The molecule has 0 bridgehead atoms. The van der Waals surface area contributed by atoms with Crippen molar-refractivity contribution in [3.05, 3.63) is 39.9 Å². The van der Waals surface area contributed by atoms with Crippen molar-refractivity contribution in [3.8, 4) is 10.6 Å². The predicted octanol–water partition coefficient (Wildman–Crippen LogP) is 5.19. The van der Waals surface area contributed by atoms with Crippen LogP contribution in [0.25, 0.3) is 10.6 Å². The quantitative estimate of drug-likeness (QED) is 0.719. The molecule has 0 aliphatic heterocycles. The molecule has 0 aliphatic rings. The van der Waals surface area contributed by atoms with Crippen molar-refractivity contribution in [2.24, 2.45) is 0 Å². The number of benzene rings is 1. The molecule has 3 nitrogen and oxygen atoms in total. The molecule has 0 aliphatic carbocycles. The number of aryl methyl sites for hydroxylation is 1. The van der Waals surface area contributed by atoms with Crippen molar-refractivity contribution in [2.75, 3.05) is 13.1 Å². The Morgan fingerprint density at radius 3 is 2.67 bits per heavy atom. The zero-order valence-electron chi connectivity index (χ0n) is 13.2. The second-order valence-electron chi connectivity index (χ2n) is 5.29. The van der Waals surface area contributed by atoms with Crippen LogP contribution in [-0.4, -0.2) is 35.1 Å². The summed E-state index contributed by atoms with van der Waals surface area (Å²) in [5.41, 5.74) is 1.15. The van der Waals surface area contributed by atoms with E-state index in [-0.39, 0.29) is 11.4 Å². The van der Waals surface area contributed by atoms with Crippen molar-refractivity contribution >= 4 is 28.8 Å². The number of rotatable bonds is 5. The van der Waals surface area contributed by atoms with Gasteiger partial charge in [0, 0.05) is 17.1 Å². The van der Waals surface area contributed by atoms with Crippen LogP contribution in [0.2, 0.25) is 5.02 Å². The smallest absolute Gasteiger partial charge is 0.329 e. The predicted molar refractivity (Wildman–Crippen MR) is 89.5 cm³/mol. The van der Waals surface area contributed by atoms with Gasteiger partial charge in [-0.05, 0) is 25.5 Å². The lowest BCUT2D eigenvalue weighted by Gasteiger charge is -2.22. The summed E-state index contributed by atoms with van der Waals surface area (Å²) in [5, 5.41) is 1.08. The molecule has 2 rings (SSSR count). The molecule has 0 radical (unpaired) electrons. The number of nitrogens with zero attached hydrogens (tertiary/aromatic N) is 2. The van der Waals surface area contributed by atoms with Gasteiger partial charge in [-0.1, -0.05) is 30.7 Å². The molecule has 2 aromatic rings. The molecule has 0 fully saturated rings. The Balaban J connectivity index is 2.32. The van der Waals surface area contributed by atoms with E-state index in [0.29, 0.717) is 22.1 Å². The Bertz CT molecular complexity index is 730. The number of hydrogen-bond donors (Lipinski definition) is 0. The van der Waals surface area contributed by atoms with E-state index in [1.54, 1.807) is 38.1 Å². The fraction of sp³-hybridized carbons (Fsp3) is 0.375. The van der Waals surface area contributed by atoms with Crippen LogP contribution < -0.4 is 0 Å². The number of carbonyl (C=O) groups is 1. The summed E-state index contributed by atoms with van der Waals surface area (Å²) < 4.78 is 38.1. The Labute approximate surface area is 147 Å². The van der Waals surface area contributed by atoms with Gasteiger partial charge in [0.2, 0.25) is 0 Å². The van der Waals surface area contributed by atoms with Gasteiger partial charge in [-0.2, -0.15) is 13.2 Å². The first-order valence-corrected chi connectivity index (χ1v) is 8.50. The molecule has 0 atom stereocenters. The third-order valence-corrected chi connectivity index (χ3v) is 4.64. The zero-order valence-corrected chi connectivity index (χ0v) is 14.7. The van der Waals surface area contributed by atoms with E-state index >= 15 is 0 Å². The molecule has 0 unspecified atom stereocenters. The van der Waals surface area contributed by atoms with Crippen molar-refractivity contribution in [2.45, 2.75) is 26.4 Å². The highest BCUT2D eigenvalue weighted by atomic mass is 35.5. The van der Waals surface area contributed by atoms with Crippen LogP contribution in [0.5, 0.6) is 0 Å². The van der Waals surface area contributed by atoms with Crippen molar-refractivity contribution < 1.29 is 18.0 Å². The van der Waals surface area contributed by atoms with Crippen LogP contribution in [0.3, 0.4) is 0 Å². The minimum atomic E-state index is -4.43. The van der Waals surface area contributed by atoms with Crippen LogP contribution in [0.15, 0.2) is 24.3 Å². The fourth-order valence-electron chi connectivity index (χ4n) is 2.22. The number of hydrogen-bond acceptors (Lipinski definition) is 3. The summed E-state index contributed by atoms with van der Waals surface area (Å²) in [5.74, 6) is -0.641. The van der Waals surface area contributed by atoms with Gasteiger partial charge >= 0.3 is 6.18 Å². The van der Waals surface area contributed by atoms with Gasteiger partial charge in [-0.15, -0.1) is 11.3 Å². The molecule has 0 saturated carbocycles. The monoisotopic (exact) mass is 376 g/mol. The van der Waals surface area contributed by atoms with Crippen LogP contribution in [0.1, 0.15) is 28.7 Å². The number of aromatic nitrogens is 1. The minimum Gasteiger partial charge on any atom is -0.329 e. The molecular weight excluding hydrogens is 361 g/mol. The highest BCUT2D eigenvalue weighted by Gasteiger charge is 2.34. The average Bonchev–Trinajstić information content (AvgIpc) is 2.87. The highest BCUT2D eigenvalue weighted by Crippen LogP contribution is 2.31. The largest absolute Gasteiger partial charge is 0.406 e. The Morgan fingerprint density at radius 2 is 2.08 bits per heavy atom. The van der Waals surface area contributed by atoms with Gasteiger partial charge in [0.25, 0.3) is 5.91 Å². The Kier molecular flexibility index (Phi) is 5.87. The lowest BCUT2D eigenvalue weighted by Crippen LogP contribution is -2.39. The van der Waals surface area contributed by atoms with Gasteiger partial charge < -0.3 is 4.90 Å². The van der Waals surface area contributed by atoms with Crippen molar-refractivity contribution in [3.63, 3.8) is 0 Å². The second-order valence-corrected chi connectivity index (χ2v) is 6.72. The highest BCUT2D eigenvalue weighted by molar-refractivity contribution is 7.17. The average molecular weight is 377 g/mol. The summed E-state index contributed by atoms with van der Waals surface area (Å²) in [6.45, 7) is 2.13. The molecule has 1 aromatic heterocycles. The third-order valence-electron chi connectivity index (χ3n) is 3.21. The topological polar surface area (TPSA) is 33.2 Å². The summed E-state index contributed by atoms with van der Waals surface area (Å²) >= 11 is 7.03. The molecule has 0 saturated heterocycles. The summed E-state index contributed by atoms with van der Waals surface area (Å²) in [6.07, 6.45) is -3.99. The van der Waals surface area contributed by atoms with Gasteiger partial charge in [0.1, 0.15) is 16.4 Å². The van der Waals surface area contributed by atoms with E-state index in [4.69, 9.17) is 11.6 Å². The molecule has 1 aromatic carbocycles. The molecule has 8 heteroatoms. The molecule has 24 heavy (non-hydrogen) atoms. The van der Waals surface area contributed by atoms with E-state index in [9.17, 15) is 18.0 Å². The van der Waals surface area contributed by atoms with E-state index in [2.05, 4.69) is 4.98 Å². The molecule has 1 amide bonds. The van der Waals surface area contributed by atoms with E-state index in [1.807, 2.05) is 0 Å². The van der Waals surface area contributed by atoms with Gasteiger partial charge in [-0.3, -0.25) is 4.79 Å². The first-order valence-electron chi connectivity index (χ1n) is 7.30. The first-order chi connectivity index (χ1) is 11.2. The van der Waals surface area contributed by atoms with Gasteiger partial charge in [0.15, 0.2) is 0 Å². The number of amides is 1. The van der Waals surface area contributed by atoms with Gasteiger partial charge in [-0.25, -0.2) is 4.98 Å². The second kappa shape index (κ2) is 7.53. The summed E-state index contributed by atoms with van der Waals surface area (Å²) in [4.78, 5) is 17.9. The summed E-state index contributed by atoms with van der Waals surface area (Å²) in [6, 6.07) is 6.96. The number of thiazole rings is 1. The van der Waals surface area contributed by atoms with Gasteiger partial charge in [0.05, 0.1) is 5.69 Å². The molecule has 0 N–H and O–H groups in total. The van der Waals surface area contributed by atoms with Crippen LogP contribution in [0.4, 0.5) is 13.2 Å². The first kappa shape index (κ1) is 18.7. The zero-order chi connectivity index (χ0) is 17.9. The van der Waals surface area contributed by atoms with Crippen molar-refractivity contribution in [1.29, 1.82) is 0 Å². The van der Waals surface area contributed by atoms with Crippen LogP contribution in [0, 0.1) is 6.92 Å². The summed E-state index contributed by atoms with van der Waals surface area (Å²) in [7, 11) is 0. The minimum absolute atomic E-state index is 0.0438. The standard InChI is InChI=1S/C16H16ClF3N2OS/c1-3-7-22(9-16(18,19)20)15(23)13-10(2)21-14(24-13)11-5-4-6-12(17)8-11/h4-6,8H,3,7,9H2,1-2H3. The Hall–Kier alpha value is -1.60. The lowest BCUT2D eigenvalue weighted by molar-refractivity contribution is -0.140. The number of alkyl halides is 3. The van der Waals surface area contributed by atoms with E-state index in [0.717, 1.165) is 21.8 Å². The van der Waals surface area contributed by atoms with E-state index < -0.39 is 18.6 Å². The molecule has 130 valence electrons. The molecular formula is C16H16ClF3N2OS. The molecule has 1 heterocycles. The van der Waals surface area contributed by atoms with Crippen LogP contribution >= 0.6 is 22.9 Å². The maximum Gasteiger partial charge on any atom is 0.406 e. The van der Waals surface area contributed by atoms with Crippen LogP contribution in [-0.2, 0) is 0 Å². The maximum absolute atomic E-state index is 12.7.